The van der Waals surface area contributed by atoms with E-state index in [4.69, 9.17) is 4.74 Å². The number of ether oxygens (including phenoxy) is 1. The summed E-state index contributed by atoms with van der Waals surface area (Å²) in [6, 6.07) is 18.0. The molecule has 2 saturated heterocycles. The van der Waals surface area contributed by atoms with E-state index in [9.17, 15) is 4.79 Å². The lowest BCUT2D eigenvalue weighted by atomic mass is 9.39. The molecule has 3 aromatic rings. The number of hydrogen-bond donors (Lipinski definition) is 1. The lowest BCUT2D eigenvalue weighted by Crippen LogP contribution is -2.76. The minimum atomic E-state index is -0.256. The van der Waals surface area contributed by atoms with Gasteiger partial charge in [0.2, 0.25) is 0 Å². The monoisotopic (exact) mass is 614 g/mol. The molecule has 0 radical (unpaired) electrons. The molecule has 9 aliphatic rings. The van der Waals surface area contributed by atoms with E-state index < -0.39 is 0 Å². The van der Waals surface area contributed by atoms with Gasteiger partial charge in [-0.1, -0.05) is 49.4 Å². The number of aromatic nitrogens is 1. The van der Waals surface area contributed by atoms with Crippen molar-refractivity contribution in [1.82, 2.24) is 14.4 Å². The van der Waals surface area contributed by atoms with Gasteiger partial charge in [0.15, 0.2) is 0 Å². The molecule has 8 atom stereocenters. The number of benzene rings is 2. The van der Waals surface area contributed by atoms with Crippen LogP contribution in [0.2, 0.25) is 0 Å². The maximum absolute atomic E-state index is 13.7. The number of nitrogens with one attached hydrogen (secondary N) is 1. The molecule has 2 bridgehead atoms. The van der Waals surface area contributed by atoms with E-state index in [2.05, 4.69) is 81.2 Å². The first-order valence-corrected chi connectivity index (χ1v) is 18.3. The van der Waals surface area contributed by atoms with E-state index in [1.165, 1.54) is 53.5 Å². The molecular weight excluding hydrogens is 568 g/mol. The lowest BCUT2D eigenvalue weighted by molar-refractivity contribution is -0.171. The molecule has 3 saturated carbocycles. The second-order valence-electron chi connectivity index (χ2n) is 16.4. The average molecular weight is 615 g/mol. The van der Waals surface area contributed by atoms with Crippen LogP contribution >= 0.6 is 0 Å². The minimum absolute atomic E-state index is 0.00346. The molecule has 6 nitrogen and oxygen atoms in total. The van der Waals surface area contributed by atoms with Crippen LogP contribution in [0.5, 0.6) is 0 Å². The fourth-order valence-electron chi connectivity index (χ4n) is 13.8. The van der Waals surface area contributed by atoms with Gasteiger partial charge in [0.1, 0.15) is 0 Å². The molecule has 6 aliphatic heterocycles. The Labute approximate surface area is 272 Å². The Morgan fingerprint density at radius 3 is 2.83 bits per heavy atom. The van der Waals surface area contributed by atoms with Crippen LogP contribution in [0.15, 0.2) is 54.6 Å². The van der Waals surface area contributed by atoms with Crippen LogP contribution in [-0.2, 0) is 21.4 Å². The summed E-state index contributed by atoms with van der Waals surface area (Å²) in [6.45, 7) is 6.99. The Kier molecular flexibility index (Phi) is 5.08. The first-order valence-electron chi connectivity index (χ1n) is 18.3. The normalized spacial score (nSPS) is 41.1. The Hall–Kier alpha value is -3.09. The predicted molar refractivity (Wildman–Crippen MR) is 180 cm³/mol. The van der Waals surface area contributed by atoms with Crippen LogP contribution in [0.1, 0.15) is 92.8 Å². The van der Waals surface area contributed by atoms with Gasteiger partial charge in [-0.2, -0.15) is 0 Å². The number of anilines is 1. The summed E-state index contributed by atoms with van der Waals surface area (Å²) in [4.78, 5) is 19.3. The van der Waals surface area contributed by atoms with Gasteiger partial charge in [-0.3, -0.25) is 14.6 Å². The highest BCUT2D eigenvalue weighted by molar-refractivity contribution is 5.87. The highest BCUT2D eigenvalue weighted by Gasteiger charge is 2.79. The van der Waals surface area contributed by atoms with E-state index in [1.54, 1.807) is 18.4 Å². The number of nitrogens with zero attached hydrogens (tertiary/aromatic N) is 3. The topological polar surface area (TPSA) is 49.7 Å². The third-order valence-corrected chi connectivity index (χ3v) is 15.3. The van der Waals surface area contributed by atoms with Crippen LogP contribution in [0.3, 0.4) is 0 Å². The molecule has 1 aromatic heterocycles. The van der Waals surface area contributed by atoms with Gasteiger partial charge in [0.05, 0.1) is 30.7 Å². The molecular formula is C40H46N4O2. The van der Waals surface area contributed by atoms with E-state index in [0.717, 1.165) is 58.2 Å². The van der Waals surface area contributed by atoms with Crippen molar-refractivity contribution >= 4 is 22.6 Å². The standard InChI is InChI=1S/C40H46N4O2/c1-3-37-13-6-18-42-20-12-27-26-8-4-5-9-31(26)44(33(27)34(37)42)32(24-37)25-10-11-30-28(22-25)39-17-21-43-19-7-14-38(36(39)43)15-16-40(39,41-30)29(23-38)35(45)46-2/h4-6,8-11,13,22,29,32,34,36,41H,3,7,12,14-21,23-24H2,1-2H3/t29-,32-,34-,36+,37+,38-,39+,40-/m1/s1. The van der Waals surface area contributed by atoms with Crippen LogP contribution < -0.4 is 5.32 Å². The van der Waals surface area contributed by atoms with Gasteiger partial charge in [-0.25, -0.2) is 0 Å². The fraction of sp³-hybridized carbons (Fsp3) is 0.575. The zero-order chi connectivity index (χ0) is 30.6. The highest BCUT2D eigenvalue weighted by Crippen LogP contribution is 2.74. The van der Waals surface area contributed by atoms with Gasteiger partial charge in [0, 0.05) is 52.2 Å². The quantitative estimate of drug-likeness (QED) is 0.262. The second-order valence-corrected chi connectivity index (χ2v) is 16.4. The van der Waals surface area contributed by atoms with Crippen molar-refractivity contribution < 1.29 is 9.53 Å². The molecule has 7 heterocycles. The summed E-state index contributed by atoms with van der Waals surface area (Å²) in [6.07, 6.45) is 15.4. The van der Waals surface area contributed by atoms with Gasteiger partial charge in [-0.15, -0.1) is 0 Å². The maximum Gasteiger partial charge on any atom is 0.311 e. The molecule has 3 aliphatic carbocycles. The SMILES string of the molecule is CC[C@]12C=CCN3CCc4c(n(c5ccccc45)[C@@H](c4ccc5c(c4)[C@]46CCN7CCC[C@]8(CC[C@@]4(N5)[C@@H](C(=O)OC)C8)[C@H]76)C1)[C@@H]32. The Morgan fingerprint density at radius 2 is 1.93 bits per heavy atom. The van der Waals surface area contributed by atoms with Gasteiger partial charge in [-0.05, 0) is 105 Å². The molecule has 0 amide bonds. The molecule has 2 aromatic carbocycles. The zero-order valence-electron chi connectivity index (χ0n) is 27.4. The van der Waals surface area contributed by atoms with Crippen molar-refractivity contribution in [3.63, 3.8) is 0 Å². The number of carbonyl (C=O) groups excluding carboxylic acids is 1. The van der Waals surface area contributed by atoms with Gasteiger partial charge >= 0.3 is 5.97 Å². The van der Waals surface area contributed by atoms with Crippen molar-refractivity contribution in [3.05, 3.63) is 77.0 Å². The number of piperidine rings is 1. The van der Waals surface area contributed by atoms with Crippen LogP contribution in [0.4, 0.5) is 5.69 Å². The first-order chi connectivity index (χ1) is 22.5. The van der Waals surface area contributed by atoms with Gasteiger partial charge in [0.25, 0.3) is 0 Å². The van der Waals surface area contributed by atoms with Crippen molar-refractivity contribution in [2.24, 2.45) is 16.7 Å². The third-order valence-electron chi connectivity index (χ3n) is 15.3. The number of rotatable bonds is 3. The number of hydrogen-bond acceptors (Lipinski definition) is 5. The molecule has 12 rings (SSSR count). The van der Waals surface area contributed by atoms with Crippen molar-refractivity contribution in [2.75, 3.05) is 38.6 Å². The van der Waals surface area contributed by atoms with Crippen molar-refractivity contribution in [3.8, 4) is 0 Å². The number of esters is 1. The summed E-state index contributed by atoms with van der Waals surface area (Å²) in [5.41, 5.74) is 8.88. The van der Waals surface area contributed by atoms with E-state index in [-0.39, 0.29) is 39.7 Å². The number of fused-ring (bicyclic) bond motifs is 6. The maximum atomic E-state index is 13.7. The number of carbonyl (C=O) groups is 1. The molecule has 5 fully saturated rings. The summed E-state index contributed by atoms with van der Waals surface area (Å²) >= 11 is 0. The smallest absolute Gasteiger partial charge is 0.311 e. The predicted octanol–water partition coefficient (Wildman–Crippen LogP) is 6.74. The fourth-order valence-corrected chi connectivity index (χ4v) is 13.8. The molecule has 6 heteroatoms. The summed E-state index contributed by atoms with van der Waals surface area (Å²) in [5.74, 6) is -0.0855. The van der Waals surface area contributed by atoms with E-state index in [1.807, 2.05) is 0 Å². The molecule has 3 spiro atoms. The average Bonchev–Trinajstić information content (AvgIpc) is 3.76. The van der Waals surface area contributed by atoms with Crippen LogP contribution in [0.25, 0.3) is 10.9 Å². The van der Waals surface area contributed by atoms with Gasteiger partial charge < -0.3 is 14.6 Å². The van der Waals surface area contributed by atoms with E-state index >= 15 is 0 Å². The Balaban J connectivity index is 1.14. The Bertz CT molecular complexity index is 1880. The molecule has 1 N–H and O–H groups in total. The third kappa shape index (κ3) is 2.82. The Morgan fingerprint density at radius 1 is 1.02 bits per heavy atom. The molecule has 238 valence electrons. The largest absolute Gasteiger partial charge is 0.469 e. The summed E-state index contributed by atoms with van der Waals surface area (Å²) in [5, 5.41) is 5.62. The highest BCUT2D eigenvalue weighted by atomic mass is 16.5. The second kappa shape index (κ2) is 8.68. The van der Waals surface area contributed by atoms with E-state index in [0.29, 0.717) is 12.1 Å². The summed E-state index contributed by atoms with van der Waals surface area (Å²) < 4.78 is 8.40. The summed E-state index contributed by atoms with van der Waals surface area (Å²) in [7, 11) is 1.61. The van der Waals surface area contributed by atoms with Crippen LogP contribution in [-0.4, -0.2) is 65.2 Å². The lowest BCUT2D eigenvalue weighted by Gasteiger charge is -2.69. The van der Waals surface area contributed by atoms with Crippen LogP contribution in [0, 0.1) is 16.7 Å². The van der Waals surface area contributed by atoms with Crippen molar-refractivity contribution in [2.45, 2.75) is 93.8 Å². The van der Waals surface area contributed by atoms with Crippen molar-refractivity contribution in [1.29, 1.82) is 0 Å². The number of para-hydroxylation sites is 1. The first kappa shape index (κ1) is 26.9. The molecule has 0 unspecified atom stereocenters. The minimum Gasteiger partial charge on any atom is -0.469 e. The molecule has 46 heavy (non-hydrogen) atoms. The zero-order valence-corrected chi connectivity index (χ0v) is 27.4. The number of methoxy groups -OCH3 is 1.